The van der Waals surface area contributed by atoms with Crippen LogP contribution >= 0.6 is 0 Å². The Bertz CT molecular complexity index is 1070. The molecule has 4 rings (SSSR count). The molecule has 1 amide bonds. The number of oxime groups is 1. The molecule has 1 aromatic heterocycles. The third kappa shape index (κ3) is 4.69. The number of pyridine rings is 1. The molecular formula is C25H31N5O3. The van der Waals surface area contributed by atoms with Gasteiger partial charge >= 0.3 is 0 Å². The summed E-state index contributed by atoms with van der Waals surface area (Å²) in [5, 5.41) is 8.29. The Kier molecular flexibility index (Phi) is 6.35. The monoisotopic (exact) mass is 449 g/mol. The van der Waals surface area contributed by atoms with Gasteiger partial charge in [0.25, 0.3) is 5.91 Å². The van der Waals surface area contributed by atoms with Gasteiger partial charge in [0.1, 0.15) is 12.4 Å². The van der Waals surface area contributed by atoms with Crippen molar-refractivity contribution < 1.29 is 14.4 Å². The van der Waals surface area contributed by atoms with Crippen molar-refractivity contribution in [1.82, 2.24) is 10.4 Å². The van der Waals surface area contributed by atoms with Crippen LogP contribution in [-0.2, 0) is 16.2 Å². The molecule has 8 heteroatoms. The lowest BCUT2D eigenvalue weighted by Crippen LogP contribution is -2.34. The summed E-state index contributed by atoms with van der Waals surface area (Å²) in [4.78, 5) is 21.4. The summed E-state index contributed by atoms with van der Waals surface area (Å²) in [7, 11) is 0. The van der Waals surface area contributed by atoms with Crippen LogP contribution in [0.15, 0.2) is 59.0 Å². The normalized spacial score (nSPS) is 24.6. The third-order valence-corrected chi connectivity index (χ3v) is 7.44. The molecule has 2 aliphatic carbocycles. The number of nitrogens with zero attached hydrogens (tertiary/aromatic N) is 3. The van der Waals surface area contributed by atoms with Gasteiger partial charge in [-0.05, 0) is 48.8 Å². The first-order chi connectivity index (χ1) is 15.8. The Balaban J connectivity index is 1.28. The van der Waals surface area contributed by atoms with Crippen LogP contribution in [0.4, 0.5) is 0 Å². The highest BCUT2D eigenvalue weighted by Crippen LogP contribution is 2.63. The van der Waals surface area contributed by atoms with Crippen molar-refractivity contribution in [2.45, 2.75) is 46.6 Å². The number of nitrogens with one attached hydrogen (secondary N) is 1. The van der Waals surface area contributed by atoms with Crippen LogP contribution in [0.2, 0.25) is 0 Å². The standard InChI is InChI=1S/C25H31N5O3/c1-24(2)19-9-10-25(24,3)21(13-19)28-29-22(31)16-33-30-23(26)18-7-4-8-20(12-18)32-15-17-6-5-11-27-14-17/h4-8,11-12,14,19H,9-10,13,15-16H2,1-3H3,(H2,26,30)(H,29,31)/b28-21-. The van der Waals surface area contributed by atoms with Gasteiger partial charge in [-0.1, -0.05) is 44.1 Å². The fraction of sp³-hybridized carbons (Fsp3) is 0.440. The molecule has 174 valence electrons. The predicted molar refractivity (Wildman–Crippen MR) is 126 cm³/mol. The van der Waals surface area contributed by atoms with Crippen LogP contribution in [0.1, 0.15) is 51.2 Å². The minimum atomic E-state index is -0.364. The molecule has 0 spiro atoms. The molecule has 33 heavy (non-hydrogen) atoms. The number of rotatable bonds is 8. The van der Waals surface area contributed by atoms with E-state index in [9.17, 15) is 4.79 Å². The number of ether oxygens (including phenoxy) is 1. The highest BCUT2D eigenvalue weighted by Gasteiger charge is 2.60. The largest absolute Gasteiger partial charge is 0.489 e. The van der Waals surface area contributed by atoms with Gasteiger partial charge in [-0.25, -0.2) is 5.43 Å². The van der Waals surface area contributed by atoms with E-state index >= 15 is 0 Å². The lowest BCUT2D eigenvalue weighted by molar-refractivity contribution is -0.125. The van der Waals surface area contributed by atoms with E-state index in [2.05, 4.69) is 41.4 Å². The first-order valence-electron chi connectivity index (χ1n) is 11.2. The van der Waals surface area contributed by atoms with Crippen LogP contribution < -0.4 is 15.9 Å². The lowest BCUT2D eigenvalue weighted by Gasteiger charge is -2.34. The first-order valence-corrected chi connectivity index (χ1v) is 11.2. The van der Waals surface area contributed by atoms with Crippen molar-refractivity contribution in [2.75, 3.05) is 6.61 Å². The maximum atomic E-state index is 12.2. The fourth-order valence-electron chi connectivity index (χ4n) is 4.87. The molecule has 2 aromatic rings. The number of amides is 1. The highest BCUT2D eigenvalue weighted by atomic mass is 16.6. The molecule has 3 N–H and O–H groups in total. The number of carbonyl (C=O) groups is 1. The first kappa shape index (κ1) is 22.8. The Labute approximate surface area is 194 Å². The molecule has 2 saturated carbocycles. The zero-order valence-electron chi connectivity index (χ0n) is 19.4. The Morgan fingerprint density at radius 2 is 2.12 bits per heavy atom. The molecule has 1 heterocycles. The van der Waals surface area contributed by atoms with Gasteiger partial charge in [-0.3, -0.25) is 9.78 Å². The number of nitrogens with two attached hydrogens (primary N) is 1. The number of fused-ring (bicyclic) bond motifs is 2. The fourth-order valence-corrected chi connectivity index (χ4v) is 4.87. The SMILES string of the molecule is CC12CCC(C/C1=N/NC(=O)CO/N=C(/N)c1cccc(OCc3cccnc3)c1)C2(C)C. The topological polar surface area (TPSA) is 111 Å². The number of hydrogen-bond acceptors (Lipinski definition) is 6. The van der Waals surface area contributed by atoms with Crippen LogP contribution in [-0.4, -0.2) is 29.0 Å². The quantitative estimate of drug-likeness (QED) is 0.363. The number of hydrazone groups is 1. The maximum absolute atomic E-state index is 12.2. The molecule has 0 radical (unpaired) electrons. The van der Waals surface area contributed by atoms with Gasteiger partial charge in [0.15, 0.2) is 12.4 Å². The summed E-state index contributed by atoms with van der Waals surface area (Å²) in [5.41, 5.74) is 11.6. The summed E-state index contributed by atoms with van der Waals surface area (Å²) in [6.07, 6.45) is 6.75. The van der Waals surface area contributed by atoms with E-state index < -0.39 is 0 Å². The van der Waals surface area contributed by atoms with Gasteiger partial charge in [0, 0.05) is 34.6 Å². The van der Waals surface area contributed by atoms with E-state index in [1.807, 2.05) is 24.3 Å². The van der Waals surface area contributed by atoms with Gasteiger partial charge < -0.3 is 15.3 Å². The van der Waals surface area contributed by atoms with Crippen molar-refractivity contribution in [3.63, 3.8) is 0 Å². The van der Waals surface area contributed by atoms with Crippen molar-refractivity contribution in [3.8, 4) is 5.75 Å². The van der Waals surface area contributed by atoms with Crippen LogP contribution in [0.25, 0.3) is 0 Å². The van der Waals surface area contributed by atoms with Crippen LogP contribution in [0.3, 0.4) is 0 Å². The summed E-state index contributed by atoms with van der Waals surface area (Å²) in [6.45, 7) is 6.98. The average molecular weight is 450 g/mol. The van der Waals surface area contributed by atoms with E-state index in [1.54, 1.807) is 24.5 Å². The summed E-state index contributed by atoms with van der Waals surface area (Å²) in [5.74, 6) is 1.06. The van der Waals surface area contributed by atoms with Gasteiger partial charge in [-0.2, -0.15) is 5.10 Å². The van der Waals surface area contributed by atoms with Gasteiger partial charge in [-0.15, -0.1) is 0 Å². The second kappa shape index (κ2) is 9.21. The predicted octanol–water partition coefficient (Wildman–Crippen LogP) is 3.62. The Hall–Kier alpha value is -3.42. The Morgan fingerprint density at radius 1 is 1.27 bits per heavy atom. The second-order valence-electron chi connectivity index (χ2n) is 9.51. The van der Waals surface area contributed by atoms with Crippen molar-refractivity contribution >= 4 is 17.5 Å². The number of aromatic nitrogens is 1. The minimum absolute atomic E-state index is 0.0402. The molecular weight excluding hydrogens is 418 g/mol. The number of benzene rings is 1. The highest BCUT2D eigenvalue weighted by molar-refractivity contribution is 5.97. The maximum Gasteiger partial charge on any atom is 0.280 e. The van der Waals surface area contributed by atoms with Crippen molar-refractivity contribution in [1.29, 1.82) is 0 Å². The molecule has 0 saturated heterocycles. The zero-order valence-corrected chi connectivity index (χ0v) is 19.4. The molecule has 1 aromatic carbocycles. The number of amidine groups is 1. The third-order valence-electron chi connectivity index (χ3n) is 7.44. The van der Waals surface area contributed by atoms with Crippen LogP contribution in [0, 0.1) is 16.7 Å². The molecule has 2 unspecified atom stereocenters. The summed E-state index contributed by atoms with van der Waals surface area (Å²) < 4.78 is 5.78. The van der Waals surface area contributed by atoms with E-state index in [-0.39, 0.29) is 29.2 Å². The van der Waals surface area contributed by atoms with Crippen LogP contribution in [0.5, 0.6) is 5.75 Å². The lowest BCUT2D eigenvalue weighted by atomic mass is 9.70. The smallest absolute Gasteiger partial charge is 0.280 e. The second-order valence-corrected chi connectivity index (χ2v) is 9.51. The number of carbonyl (C=O) groups excluding carboxylic acids is 1. The van der Waals surface area contributed by atoms with E-state index in [1.165, 1.54) is 6.42 Å². The van der Waals surface area contributed by atoms with Gasteiger partial charge in [0.2, 0.25) is 0 Å². The van der Waals surface area contributed by atoms with Crippen molar-refractivity contribution in [3.05, 3.63) is 59.9 Å². The summed E-state index contributed by atoms with van der Waals surface area (Å²) >= 11 is 0. The minimum Gasteiger partial charge on any atom is -0.489 e. The zero-order chi connectivity index (χ0) is 23.5. The molecule has 2 bridgehead atoms. The van der Waals surface area contributed by atoms with E-state index in [0.717, 1.165) is 24.1 Å². The van der Waals surface area contributed by atoms with E-state index in [4.69, 9.17) is 15.3 Å². The average Bonchev–Trinajstić information content (AvgIpc) is 3.16. The van der Waals surface area contributed by atoms with Crippen molar-refractivity contribution in [2.24, 2.45) is 32.7 Å². The molecule has 2 atom stereocenters. The molecule has 2 aliphatic rings. The van der Waals surface area contributed by atoms with E-state index in [0.29, 0.717) is 23.8 Å². The molecule has 8 nitrogen and oxygen atoms in total. The Morgan fingerprint density at radius 3 is 2.82 bits per heavy atom. The molecule has 0 aliphatic heterocycles. The molecule has 2 fully saturated rings. The summed E-state index contributed by atoms with van der Waals surface area (Å²) in [6, 6.07) is 11.0. The number of hydrogen-bond donors (Lipinski definition) is 2. The van der Waals surface area contributed by atoms with Gasteiger partial charge in [0.05, 0.1) is 0 Å².